The first-order valence-corrected chi connectivity index (χ1v) is 10.9. The van der Waals surface area contributed by atoms with Crippen molar-refractivity contribution in [2.75, 3.05) is 43.6 Å². The number of ether oxygens (including phenoxy) is 1. The van der Waals surface area contributed by atoms with Crippen molar-refractivity contribution in [1.29, 1.82) is 0 Å². The van der Waals surface area contributed by atoms with Crippen LogP contribution in [-0.4, -0.2) is 54.4 Å². The second-order valence-corrected chi connectivity index (χ2v) is 8.42. The van der Waals surface area contributed by atoms with Crippen LogP contribution in [0.1, 0.15) is 20.4 Å². The number of anilines is 2. The minimum absolute atomic E-state index is 0.279. The molecule has 31 heavy (non-hydrogen) atoms. The number of benzene rings is 2. The minimum Gasteiger partial charge on any atom is -0.378 e. The lowest BCUT2D eigenvalue weighted by atomic mass is 10.1. The smallest absolute Gasteiger partial charge is 0.286 e. The Bertz CT molecular complexity index is 1020. The van der Waals surface area contributed by atoms with Crippen LogP contribution in [0.4, 0.5) is 15.8 Å². The average molecular weight is 442 g/mol. The Labute approximate surface area is 184 Å². The molecule has 1 fully saturated rings. The van der Waals surface area contributed by atoms with E-state index >= 15 is 0 Å². The highest BCUT2D eigenvalue weighted by molar-refractivity contribution is 7.13. The predicted molar refractivity (Wildman–Crippen MR) is 119 cm³/mol. The first kappa shape index (κ1) is 21.4. The van der Waals surface area contributed by atoms with Crippen molar-refractivity contribution < 1.29 is 13.9 Å². The number of hydrogen-bond acceptors (Lipinski definition) is 7. The maximum atomic E-state index is 13.0. The molecule has 1 saturated heterocycles. The van der Waals surface area contributed by atoms with Crippen molar-refractivity contribution in [3.05, 3.63) is 69.9 Å². The van der Waals surface area contributed by atoms with Gasteiger partial charge in [-0.1, -0.05) is 29.5 Å². The molecule has 2 aromatic carbocycles. The third-order valence-corrected chi connectivity index (χ3v) is 5.86. The highest BCUT2D eigenvalue weighted by Gasteiger charge is 2.17. The van der Waals surface area contributed by atoms with Gasteiger partial charge in [-0.2, -0.15) is 0 Å². The second-order valence-electron chi connectivity index (χ2n) is 7.36. The summed E-state index contributed by atoms with van der Waals surface area (Å²) in [5, 5.41) is 11.9. The zero-order valence-corrected chi connectivity index (χ0v) is 18.1. The lowest BCUT2D eigenvalue weighted by Gasteiger charge is -2.31. The Morgan fingerprint density at radius 2 is 1.87 bits per heavy atom. The van der Waals surface area contributed by atoms with E-state index in [-0.39, 0.29) is 16.7 Å². The Balaban J connectivity index is 1.36. The number of carbonyl (C=O) groups excluding carboxylic acids is 1. The molecule has 0 radical (unpaired) electrons. The summed E-state index contributed by atoms with van der Waals surface area (Å²) in [6.45, 7) is 4.62. The van der Waals surface area contributed by atoms with E-state index < -0.39 is 0 Å². The first-order chi connectivity index (χ1) is 15.1. The fourth-order valence-electron chi connectivity index (χ4n) is 3.46. The Hall–Kier alpha value is -2.88. The van der Waals surface area contributed by atoms with Crippen LogP contribution in [0.25, 0.3) is 0 Å². The molecule has 1 N–H and O–H groups in total. The summed E-state index contributed by atoms with van der Waals surface area (Å²) in [5.74, 6) is -0.704. The van der Waals surface area contributed by atoms with Gasteiger partial charge >= 0.3 is 0 Å². The van der Waals surface area contributed by atoms with E-state index in [0.717, 1.165) is 37.9 Å². The molecule has 0 atom stereocenters. The van der Waals surface area contributed by atoms with Gasteiger partial charge in [0.15, 0.2) is 0 Å². The van der Waals surface area contributed by atoms with E-state index in [1.807, 2.05) is 7.05 Å². The van der Waals surface area contributed by atoms with E-state index in [9.17, 15) is 9.18 Å². The molecule has 2 heterocycles. The number of rotatable bonds is 7. The van der Waals surface area contributed by atoms with Crippen molar-refractivity contribution in [3.8, 4) is 0 Å². The lowest BCUT2D eigenvalue weighted by molar-refractivity contribution is 0.102. The number of amides is 1. The number of nitrogens with one attached hydrogen (secondary N) is 1. The van der Waals surface area contributed by atoms with Gasteiger partial charge in [0.25, 0.3) is 5.91 Å². The van der Waals surface area contributed by atoms with Crippen LogP contribution in [0.15, 0.2) is 48.5 Å². The standard InChI is InChI=1S/C22H24FN5O2S/c1-27(14-16-4-2-3-5-19(16)28-10-12-30-13-11-28)15-20-25-26-22(31-20)21(29)24-18-8-6-17(23)7-9-18/h2-9H,10-15H2,1H3,(H,24,29). The molecule has 162 valence electrons. The van der Waals surface area contributed by atoms with Crippen molar-refractivity contribution in [2.45, 2.75) is 13.1 Å². The SMILES string of the molecule is CN(Cc1nnc(C(=O)Nc2ccc(F)cc2)s1)Cc1ccccc1N1CCOCC1. The molecular formula is C22H24FN5O2S. The molecule has 0 spiro atoms. The molecule has 3 aromatic rings. The van der Waals surface area contributed by atoms with Crippen molar-refractivity contribution >= 4 is 28.6 Å². The normalized spacial score (nSPS) is 14.1. The van der Waals surface area contributed by atoms with Gasteiger partial charge in [0.05, 0.1) is 19.8 Å². The number of halogens is 1. The lowest BCUT2D eigenvalue weighted by Crippen LogP contribution is -2.37. The number of aromatic nitrogens is 2. The quantitative estimate of drug-likeness (QED) is 0.606. The molecule has 1 aliphatic heterocycles. The third-order valence-electron chi connectivity index (χ3n) is 4.95. The van der Waals surface area contributed by atoms with E-state index in [1.165, 1.54) is 46.9 Å². The van der Waals surface area contributed by atoms with Gasteiger partial charge in [0, 0.05) is 31.0 Å². The van der Waals surface area contributed by atoms with E-state index in [0.29, 0.717) is 12.2 Å². The zero-order chi connectivity index (χ0) is 21.6. The summed E-state index contributed by atoms with van der Waals surface area (Å²) in [5.41, 5.74) is 2.99. The minimum atomic E-state index is -0.352. The maximum Gasteiger partial charge on any atom is 0.286 e. The summed E-state index contributed by atoms with van der Waals surface area (Å²) < 4.78 is 18.5. The molecular weight excluding hydrogens is 417 g/mol. The van der Waals surface area contributed by atoms with Gasteiger partial charge in [0.1, 0.15) is 10.8 Å². The van der Waals surface area contributed by atoms with E-state index in [4.69, 9.17) is 4.74 Å². The van der Waals surface area contributed by atoms with Crippen LogP contribution in [0.2, 0.25) is 0 Å². The van der Waals surface area contributed by atoms with Crippen LogP contribution in [0.5, 0.6) is 0 Å². The van der Waals surface area contributed by atoms with Crippen LogP contribution in [-0.2, 0) is 17.8 Å². The van der Waals surface area contributed by atoms with Crippen LogP contribution in [0.3, 0.4) is 0 Å². The number of nitrogens with zero attached hydrogens (tertiary/aromatic N) is 4. The maximum absolute atomic E-state index is 13.0. The molecule has 1 amide bonds. The van der Waals surface area contributed by atoms with Gasteiger partial charge in [-0.3, -0.25) is 9.69 Å². The molecule has 1 aliphatic rings. The third kappa shape index (κ3) is 5.63. The van der Waals surface area contributed by atoms with Crippen LogP contribution in [0, 0.1) is 5.82 Å². The van der Waals surface area contributed by atoms with Gasteiger partial charge in [-0.25, -0.2) is 4.39 Å². The zero-order valence-electron chi connectivity index (χ0n) is 17.3. The largest absolute Gasteiger partial charge is 0.378 e. The number of carbonyl (C=O) groups is 1. The fourth-order valence-corrected chi connectivity index (χ4v) is 4.28. The van der Waals surface area contributed by atoms with Gasteiger partial charge in [0.2, 0.25) is 5.01 Å². The van der Waals surface area contributed by atoms with E-state index in [1.54, 1.807) is 0 Å². The first-order valence-electron chi connectivity index (χ1n) is 10.1. The summed E-state index contributed by atoms with van der Waals surface area (Å²) in [6.07, 6.45) is 0. The highest BCUT2D eigenvalue weighted by Crippen LogP contribution is 2.23. The summed E-state index contributed by atoms with van der Waals surface area (Å²) >= 11 is 1.26. The molecule has 0 bridgehead atoms. The molecule has 1 aromatic heterocycles. The second kappa shape index (κ2) is 9.95. The Morgan fingerprint density at radius 3 is 2.65 bits per heavy atom. The Kier molecular flexibility index (Phi) is 6.86. The van der Waals surface area contributed by atoms with Crippen LogP contribution < -0.4 is 10.2 Å². The molecule has 4 rings (SSSR count). The van der Waals surface area contributed by atoms with Crippen molar-refractivity contribution in [3.63, 3.8) is 0 Å². The summed E-state index contributed by atoms with van der Waals surface area (Å²) in [4.78, 5) is 16.9. The molecule has 7 nitrogen and oxygen atoms in total. The van der Waals surface area contributed by atoms with Gasteiger partial charge in [-0.15, -0.1) is 10.2 Å². The Morgan fingerprint density at radius 1 is 1.13 bits per heavy atom. The summed E-state index contributed by atoms with van der Waals surface area (Å²) in [6, 6.07) is 14.0. The highest BCUT2D eigenvalue weighted by atomic mass is 32.1. The molecule has 0 saturated carbocycles. The number of para-hydroxylation sites is 1. The van der Waals surface area contributed by atoms with E-state index in [2.05, 4.69) is 49.6 Å². The summed E-state index contributed by atoms with van der Waals surface area (Å²) in [7, 11) is 2.02. The van der Waals surface area contributed by atoms with Crippen molar-refractivity contribution in [2.24, 2.45) is 0 Å². The monoisotopic (exact) mass is 441 g/mol. The van der Waals surface area contributed by atoms with Crippen LogP contribution >= 0.6 is 11.3 Å². The van der Waals surface area contributed by atoms with Crippen molar-refractivity contribution in [1.82, 2.24) is 15.1 Å². The predicted octanol–water partition coefficient (Wildman–Crippen LogP) is 3.40. The molecule has 0 unspecified atom stereocenters. The van der Waals surface area contributed by atoms with Gasteiger partial charge in [-0.05, 0) is 42.9 Å². The van der Waals surface area contributed by atoms with Gasteiger partial charge < -0.3 is 15.0 Å². The fraction of sp³-hybridized carbons (Fsp3) is 0.318. The number of hydrogen-bond donors (Lipinski definition) is 1. The number of morpholine rings is 1. The molecule has 9 heteroatoms. The average Bonchev–Trinajstić information content (AvgIpc) is 3.25. The topological polar surface area (TPSA) is 70.6 Å². The molecule has 0 aliphatic carbocycles.